The maximum atomic E-state index is 12.7. The number of amides is 1. The molecule has 0 unspecified atom stereocenters. The van der Waals surface area contributed by atoms with Crippen molar-refractivity contribution in [3.63, 3.8) is 0 Å². The van der Waals surface area contributed by atoms with E-state index in [0.29, 0.717) is 11.3 Å². The summed E-state index contributed by atoms with van der Waals surface area (Å²) < 4.78 is 0. The maximum absolute atomic E-state index is 12.7. The van der Waals surface area contributed by atoms with Gasteiger partial charge in [-0.1, -0.05) is 48.5 Å². The van der Waals surface area contributed by atoms with Crippen LogP contribution in [0.4, 0.5) is 5.69 Å². The molecular weight excluding hydrogens is 278 g/mol. The topological polar surface area (TPSA) is 57.6 Å². The molecule has 1 aliphatic rings. The fraction of sp³-hybridized carbons (Fsp3) is 0.111. The number of aliphatic carboxylic acids is 1. The molecule has 3 rings (SSSR count). The first-order chi connectivity index (χ1) is 10.6. The van der Waals surface area contributed by atoms with E-state index >= 15 is 0 Å². The minimum atomic E-state index is -1.03. The number of para-hydroxylation sites is 1. The van der Waals surface area contributed by atoms with E-state index in [9.17, 15) is 9.59 Å². The average Bonchev–Trinajstić information content (AvgIpc) is 2.80. The maximum Gasteiger partial charge on any atom is 0.323 e. The molecule has 4 nitrogen and oxygen atoms in total. The number of rotatable bonds is 3. The number of carbonyl (C=O) groups excluding carboxylic acids is 1. The summed E-state index contributed by atoms with van der Waals surface area (Å²) in [5, 5.41) is 9.05. The number of carboxylic acid groups (broad SMARTS) is 1. The average molecular weight is 293 g/mol. The minimum Gasteiger partial charge on any atom is -0.480 e. The Morgan fingerprint density at radius 1 is 1.05 bits per heavy atom. The van der Waals surface area contributed by atoms with E-state index in [4.69, 9.17) is 5.11 Å². The molecule has 2 aromatic carbocycles. The van der Waals surface area contributed by atoms with Crippen molar-refractivity contribution in [3.05, 3.63) is 65.7 Å². The van der Waals surface area contributed by atoms with E-state index in [0.717, 1.165) is 16.7 Å². The summed E-state index contributed by atoms with van der Waals surface area (Å²) in [4.78, 5) is 25.1. The highest BCUT2D eigenvalue weighted by atomic mass is 16.4. The third kappa shape index (κ3) is 2.29. The standard InChI is InChI=1S/C18H15NO3/c1-12(13-7-3-2-4-8-13)17-14-9-5-6-10-15(14)19(18(17)22)11-16(20)21/h2-10H,11H2,1H3,(H,20,21)/b17-12+. The highest BCUT2D eigenvalue weighted by molar-refractivity contribution is 6.38. The van der Waals surface area contributed by atoms with Gasteiger partial charge in [0, 0.05) is 5.56 Å². The zero-order valence-corrected chi connectivity index (χ0v) is 12.1. The summed E-state index contributed by atoms with van der Waals surface area (Å²) in [6.45, 7) is 1.56. The quantitative estimate of drug-likeness (QED) is 0.885. The number of carbonyl (C=O) groups is 2. The molecule has 0 radical (unpaired) electrons. The largest absolute Gasteiger partial charge is 0.480 e. The van der Waals surface area contributed by atoms with Gasteiger partial charge in [0.05, 0.1) is 11.3 Å². The summed E-state index contributed by atoms with van der Waals surface area (Å²) in [6.07, 6.45) is 0. The van der Waals surface area contributed by atoms with Gasteiger partial charge in [-0.3, -0.25) is 14.5 Å². The fourth-order valence-corrected chi connectivity index (χ4v) is 2.77. The number of hydrogen-bond donors (Lipinski definition) is 1. The van der Waals surface area contributed by atoms with Crippen LogP contribution >= 0.6 is 0 Å². The minimum absolute atomic E-state index is 0.259. The van der Waals surface area contributed by atoms with E-state index in [1.807, 2.05) is 55.5 Å². The first-order valence-corrected chi connectivity index (χ1v) is 6.99. The first-order valence-electron chi connectivity index (χ1n) is 6.99. The number of nitrogens with zero attached hydrogens (tertiary/aromatic N) is 1. The Kier molecular flexibility index (Phi) is 3.51. The van der Waals surface area contributed by atoms with E-state index in [2.05, 4.69) is 0 Å². The number of hydrogen-bond acceptors (Lipinski definition) is 2. The van der Waals surface area contributed by atoms with Crippen LogP contribution in [0.3, 0.4) is 0 Å². The zero-order valence-electron chi connectivity index (χ0n) is 12.1. The van der Waals surface area contributed by atoms with Gasteiger partial charge in [-0.15, -0.1) is 0 Å². The molecule has 0 saturated heterocycles. The van der Waals surface area contributed by atoms with Crippen molar-refractivity contribution in [1.29, 1.82) is 0 Å². The van der Waals surface area contributed by atoms with Crippen LogP contribution in [0.5, 0.6) is 0 Å². The molecule has 0 aliphatic carbocycles. The second kappa shape index (κ2) is 5.48. The molecule has 2 aromatic rings. The highest BCUT2D eigenvalue weighted by Crippen LogP contribution is 2.40. The van der Waals surface area contributed by atoms with E-state index in [-0.39, 0.29) is 12.5 Å². The van der Waals surface area contributed by atoms with Crippen molar-refractivity contribution < 1.29 is 14.7 Å². The summed E-state index contributed by atoms with van der Waals surface area (Å²) in [5.41, 5.74) is 3.82. The first kappa shape index (κ1) is 14.1. The Balaban J connectivity index is 2.17. The fourth-order valence-electron chi connectivity index (χ4n) is 2.77. The Hall–Kier alpha value is -2.88. The zero-order chi connectivity index (χ0) is 15.7. The molecular formula is C18H15NO3. The number of fused-ring (bicyclic) bond motifs is 1. The number of allylic oxidation sites excluding steroid dienone is 1. The van der Waals surface area contributed by atoms with Gasteiger partial charge >= 0.3 is 5.97 Å². The molecule has 0 spiro atoms. The van der Waals surface area contributed by atoms with Crippen LogP contribution in [0.25, 0.3) is 11.1 Å². The van der Waals surface area contributed by atoms with Gasteiger partial charge in [0.1, 0.15) is 6.54 Å². The Bertz CT molecular complexity index is 778. The monoisotopic (exact) mass is 293 g/mol. The van der Waals surface area contributed by atoms with Crippen LogP contribution in [0.2, 0.25) is 0 Å². The molecule has 0 bridgehead atoms. The van der Waals surface area contributed by atoms with E-state index < -0.39 is 5.97 Å². The molecule has 22 heavy (non-hydrogen) atoms. The van der Waals surface area contributed by atoms with Crippen LogP contribution in [0, 0.1) is 0 Å². The molecule has 0 aromatic heterocycles. The lowest BCUT2D eigenvalue weighted by Crippen LogP contribution is -2.32. The van der Waals surface area contributed by atoms with Gasteiger partial charge in [-0.25, -0.2) is 0 Å². The number of carboxylic acids is 1. The molecule has 1 N–H and O–H groups in total. The second-order valence-corrected chi connectivity index (χ2v) is 5.17. The number of benzene rings is 2. The van der Waals surface area contributed by atoms with Crippen LogP contribution in [0.15, 0.2) is 54.6 Å². The predicted octanol–water partition coefficient (Wildman–Crippen LogP) is 3.05. The lowest BCUT2D eigenvalue weighted by Gasteiger charge is -2.14. The molecule has 1 heterocycles. The molecule has 0 atom stereocenters. The summed E-state index contributed by atoms with van der Waals surface area (Å²) >= 11 is 0. The van der Waals surface area contributed by atoms with Crippen LogP contribution in [0.1, 0.15) is 18.1 Å². The Labute approximate surface area is 128 Å². The van der Waals surface area contributed by atoms with Gasteiger partial charge in [-0.2, -0.15) is 0 Å². The lowest BCUT2D eigenvalue weighted by molar-refractivity contribution is -0.136. The summed E-state index contributed by atoms with van der Waals surface area (Å²) in [7, 11) is 0. The van der Waals surface area contributed by atoms with Crippen molar-refractivity contribution in [1.82, 2.24) is 0 Å². The van der Waals surface area contributed by atoms with Crippen molar-refractivity contribution in [3.8, 4) is 0 Å². The third-order valence-electron chi connectivity index (χ3n) is 3.80. The van der Waals surface area contributed by atoms with Crippen molar-refractivity contribution >= 4 is 28.7 Å². The smallest absolute Gasteiger partial charge is 0.323 e. The van der Waals surface area contributed by atoms with Crippen molar-refractivity contribution in [2.24, 2.45) is 0 Å². The molecule has 110 valence electrons. The van der Waals surface area contributed by atoms with E-state index in [1.54, 1.807) is 6.07 Å². The molecule has 0 saturated carbocycles. The molecule has 1 aliphatic heterocycles. The Morgan fingerprint density at radius 2 is 1.68 bits per heavy atom. The third-order valence-corrected chi connectivity index (χ3v) is 3.80. The van der Waals surface area contributed by atoms with Crippen LogP contribution < -0.4 is 4.90 Å². The van der Waals surface area contributed by atoms with Gasteiger partial charge in [0.15, 0.2) is 0 Å². The van der Waals surface area contributed by atoms with Crippen LogP contribution in [-0.2, 0) is 9.59 Å². The molecule has 1 amide bonds. The van der Waals surface area contributed by atoms with Gasteiger partial charge in [-0.05, 0) is 24.1 Å². The van der Waals surface area contributed by atoms with Crippen molar-refractivity contribution in [2.45, 2.75) is 6.92 Å². The molecule has 4 heteroatoms. The van der Waals surface area contributed by atoms with Gasteiger partial charge in [0.25, 0.3) is 5.91 Å². The second-order valence-electron chi connectivity index (χ2n) is 5.17. The predicted molar refractivity (Wildman–Crippen MR) is 85.4 cm³/mol. The number of anilines is 1. The normalized spacial score (nSPS) is 15.7. The van der Waals surface area contributed by atoms with E-state index in [1.165, 1.54) is 4.90 Å². The van der Waals surface area contributed by atoms with Gasteiger partial charge in [0.2, 0.25) is 0 Å². The SMILES string of the molecule is C/C(=C1\C(=O)N(CC(=O)O)c2ccccc21)c1ccccc1. The van der Waals surface area contributed by atoms with Gasteiger partial charge < -0.3 is 5.11 Å². The Morgan fingerprint density at radius 3 is 2.36 bits per heavy atom. The van der Waals surface area contributed by atoms with Crippen LogP contribution in [-0.4, -0.2) is 23.5 Å². The molecule has 0 fully saturated rings. The summed E-state index contributed by atoms with van der Waals surface area (Å²) in [6, 6.07) is 16.9. The summed E-state index contributed by atoms with van der Waals surface area (Å²) in [5.74, 6) is -1.29. The van der Waals surface area contributed by atoms with Crippen molar-refractivity contribution in [2.75, 3.05) is 11.4 Å². The lowest BCUT2D eigenvalue weighted by atomic mass is 9.97. The highest BCUT2D eigenvalue weighted by Gasteiger charge is 2.34.